The second-order valence-electron chi connectivity index (χ2n) is 6.69. The molecule has 1 saturated heterocycles. The fraction of sp³-hybridized carbons (Fsp3) is 0.333. The first-order valence-electron chi connectivity index (χ1n) is 9.18. The summed E-state index contributed by atoms with van der Waals surface area (Å²) in [5.74, 6) is 1.14. The molecule has 142 valence electrons. The van der Waals surface area contributed by atoms with E-state index in [0.29, 0.717) is 11.5 Å². The molecular weight excluding hydrogens is 374 g/mol. The van der Waals surface area contributed by atoms with Gasteiger partial charge in [-0.25, -0.2) is 0 Å². The third-order valence-corrected chi connectivity index (χ3v) is 5.77. The third kappa shape index (κ3) is 5.47. The number of nitrogens with zero attached hydrogens (tertiary/aromatic N) is 1. The van der Waals surface area contributed by atoms with Crippen LogP contribution in [0.25, 0.3) is 0 Å². The fourth-order valence-electron chi connectivity index (χ4n) is 3.02. The lowest BCUT2D eigenvalue weighted by atomic mass is 10.1. The van der Waals surface area contributed by atoms with Gasteiger partial charge in [0.25, 0.3) is 0 Å². The van der Waals surface area contributed by atoms with E-state index < -0.39 is 0 Å². The van der Waals surface area contributed by atoms with Crippen LogP contribution in [0.5, 0.6) is 0 Å². The smallest absolute Gasteiger partial charge is 0.227 e. The molecule has 0 unspecified atom stereocenters. The number of amides is 1. The van der Waals surface area contributed by atoms with Crippen LogP contribution in [0.1, 0.15) is 24.0 Å². The van der Waals surface area contributed by atoms with Gasteiger partial charge in [0, 0.05) is 41.5 Å². The number of benzene rings is 2. The van der Waals surface area contributed by atoms with Crippen LogP contribution in [0.2, 0.25) is 0 Å². The zero-order chi connectivity index (χ0) is 19.2. The summed E-state index contributed by atoms with van der Waals surface area (Å²) in [4.78, 5) is 15.2. The molecule has 0 spiro atoms. The van der Waals surface area contributed by atoms with Crippen molar-refractivity contribution >= 4 is 46.4 Å². The van der Waals surface area contributed by atoms with E-state index in [1.165, 1.54) is 10.5 Å². The molecule has 1 aliphatic rings. The molecule has 6 heteroatoms. The maximum Gasteiger partial charge on any atom is 0.227 e. The van der Waals surface area contributed by atoms with E-state index in [1.807, 2.05) is 30.0 Å². The Morgan fingerprint density at radius 1 is 1.19 bits per heavy atom. The Morgan fingerprint density at radius 3 is 2.67 bits per heavy atom. The standard InChI is InChI=1S/C21H25N3OS2/c1-15-5-9-18(10-6-15)27-13-11-22-21(26)23-17-8-7-16(2)19(14-17)24-12-3-4-20(24)25/h5-10,14H,3-4,11-13H2,1-2H3,(H2,22,23,26). The quantitative estimate of drug-likeness (QED) is 0.425. The molecule has 1 fully saturated rings. The maximum atomic E-state index is 12.0. The zero-order valence-corrected chi connectivity index (χ0v) is 17.4. The number of rotatable bonds is 6. The summed E-state index contributed by atoms with van der Waals surface area (Å²) in [5.41, 5.74) is 4.25. The molecule has 2 aromatic rings. The number of aryl methyl sites for hydroxylation is 2. The van der Waals surface area contributed by atoms with E-state index in [1.54, 1.807) is 11.8 Å². The Bertz CT molecular complexity index is 821. The highest BCUT2D eigenvalue weighted by atomic mass is 32.2. The van der Waals surface area contributed by atoms with Crippen LogP contribution in [0.15, 0.2) is 47.4 Å². The van der Waals surface area contributed by atoms with Gasteiger partial charge in [0.2, 0.25) is 5.91 Å². The summed E-state index contributed by atoms with van der Waals surface area (Å²) in [6, 6.07) is 14.6. The summed E-state index contributed by atoms with van der Waals surface area (Å²) in [5, 5.41) is 7.07. The predicted molar refractivity (Wildman–Crippen MR) is 119 cm³/mol. The summed E-state index contributed by atoms with van der Waals surface area (Å²) in [6.45, 7) is 5.70. The summed E-state index contributed by atoms with van der Waals surface area (Å²) < 4.78 is 0. The average Bonchev–Trinajstić information content (AvgIpc) is 3.08. The predicted octanol–water partition coefficient (Wildman–Crippen LogP) is 4.51. The van der Waals surface area contributed by atoms with Gasteiger partial charge in [-0.1, -0.05) is 23.8 Å². The molecule has 0 aromatic heterocycles. The summed E-state index contributed by atoms with van der Waals surface area (Å²) in [6.07, 6.45) is 1.56. The van der Waals surface area contributed by atoms with Crippen LogP contribution in [-0.4, -0.2) is 29.9 Å². The molecule has 1 aliphatic heterocycles. The minimum Gasteiger partial charge on any atom is -0.362 e. The van der Waals surface area contributed by atoms with Crippen molar-refractivity contribution in [3.8, 4) is 0 Å². The van der Waals surface area contributed by atoms with Gasteiger partial charge in [0.15, 0.2) is 5.11 Å². The van der Waals surface area contributed by atoms with E-state index in [9.17, 15) is 4.79 Å². The van der Waals surface area contributed by atoms with Gasteiger partial charge in [-0.2, -0.15) is 0 Å². The van der Waals surface area contributed by atoms with Gasteiger partial charge >= 0.3 is 0 Å². The number of thioether (sulfide) groups is 1. The van der Waals surface area contributed by atoms with E-state index in [-0.39, 0.29) is 5.91 Å². The number of anilines is 2. The van der Waals surface area contributed by atoms with Crippen molar-refractivity contribution in [2.75, 3.05) is 29.1 Å². The van der Waals surface area contributed by atoms with E-state index in [0.717, 1.165) is 42.2 Å². The number of nitrogens with one attached hydrogen (secondary N) is 2. The van der Waals surface area contributed by atoms with E-state index in [2.05, 4.69) is 41.8 Å². The maximum absolute atomic E-state index is 12.0. The Hall–Kier alpha value is -2.05. The molecule has 0 bridgehead atoms. The lowest BCUT2D eigenvalue weighted by Crippen LogP contribution is -2.30. The van der Waals surface area contributed by atoms with Crippen molar-refractivity contribution in [3.63, 3.8) is 0 Å². The fourth-order valence-corrected chi connectivity index (χ4v) is 4.01. The topological polar surface area (TPSA) is 44.4 Å². The molecule has 2 aromatic carbocycles. The second kappa shape index (κ2) is 9.24. The van der Waals surface area contributed by atoms with Gasteiger partial charge in [0.05, 0.1) is 0 Å². The molecule has 1 heterocycles. The molecule has 4 nitrogen and oxygen atoms in total. The largest absolute Gasteiger partial charge is 0.362 e. The Balaban J connectivity index is 1.49. The molecular formula is C21H25N3OS2. The van der Waals surface area contributed by atoms with E-state index >= 15 is 0 Å². The monoisotopic (exact) mass is 399 g/mol. The Morgan fingerprint density at radius 2 is 1.96 bits per heavy atom. The highest BCUT2D eigenvalue weighted by Gasteiger charge is 2.23. The third-order valence-electron chi connectivity index (χ3n) is 4.51. The summed E-state index contributed by atoms with van der Waals surface area (Å²) in [7, 11) is 0. The van der Waals surface area contributed by atoms with Crippen LogP contribution >= 0.6 is 24.0 Å². The second-order valence-corrected chi connectivity index (χ2v) is 8.27. The zero-order valence-electron chi connectivity index (χ0n) is 15.7. The van der Waals surface area contributed by atoms with Gasteiger partial charge in [-0.15, -0.1) is 11.8 Å². The van der Waals surface area contributed by atoms with Crippen LogP contribution in [0.3, 0.4) is 0 Å². The highest BCUT2D eigenvalue weighted by Crippen LogP contribution is 2.28. The minimum atomic E-state index is 0.198. The SMILES string of the molecule is Cc1ccc(SCCNC(=S)Nc2ccc(C)c(N3CCCC3=O)c2)cc1. The lowest BCUT2D eigenvalue weighted by molar-refractivity contribution is -0.117. The van der Waals surface area contributed by atoms with Gasteiger partial charge in [-0.05, 0) is 62.3 Å². The molecule has 0 aliphatic carbocycles. The van der Waals surface area contributed by atoms with Crippen LogP contribution < -0.4 is 15.5 Å². The number of carbonyl (C=O) groups is 1. The van der Waals surface area contributed by atoms with Gasteiger partial charge in [0.1, 0.15) is 0 Å². The number of hydrogen-bond acceptors (Lipinski definition) is 3. The molecule has 3 rings (SSSR count). The van der Waals surface area contributed by atoms with Crippen molar-refractivity contribution in [2.24, 2.45) is 0 Å². The average molecular weight is 400 g/mol. The molecule has 0 radical (unpaired) electrons. The first-order valence-corrected chi connectivity index (χ1v) is 10.6. The van der Waals surface area contributed by atoms with Crippen LogP contribution in [0.4, 0.5) is 11.4 Å². The van der Waals surface area contributed by atoms with Crippen molar-refractivity contribution < 1.29 is 4.79 Å². The van der Waals surface area contributed by atoms with Crippen molar-refractivity contribution in [1.82, 2.24) is 5.32 Å². The molecule has 1 amide bonds. The molecule has 0 atom stereocenters. The number of hydrogen-bond donors (Lipinski definition) is 2. The first-order chi connectivity index (χ1) is 13.0. The van der Waals surface area contributed by atoms with Gasteiger partial charge in [-0.3, -0.25) is 4.79 Å². The molecule has 27 heavy (non-hydrogen) atoms. The van der Waals surface area contributed by atoms with Crippen molar-refractivity contribution in [3.05, 3.63) is 53.6 Å². The highest BCUT2D eigenvalue weighted by molar-refractivity contribution is 7.99. The van der Waals surface area contributed by atoms with E-state index in [4.69, 9.17) is 12.2 Å². The van der Waals surface area contributed by atoms with Gasteiger partial charge < -0.3 is 15.5 Å². The Labute approximate surface area is 170 Å². The van der Waals surface area contributed by atoms with Crippen molar-refractivity contribution in [1.29, 1.82) is 0 Å². The minimum absolute atomic E-state index is 0.198. The summed E-state index contributed by atoms with van der Waals surface area (Å²) >= 11 is 7.21. The van der Waals surface area contributed by atoms with Crippen molar-refractivity contribution in [2.45, 2.75) is 31.6 Å². The lowest BCUT2D eigenvalue weighted by Gasteiger charge is -2.20. The van der Waals surface area contributed by atoms with Crippen LogP contribution in [0, 0.1) is 13.8 Å². The number of thiocarbonyl (C=S) groups is 1. The van der Waals surface area contributed by atoms with Crippen LogP contribution in [-0.2, 0) is 4.79 Å². The number of carbonyl (C=O) groups excluding carboxylic acids is 1. The Kier molecular flexibility index (Phi) is 6.74. The molecule has 2 N–H and O–H groups in total. The first kappa shape index (κ1) is 19.7. The normalized spacial score (nSPS) is 13.7. The molecule has 0 saturated carbocycles.